The van der Waals surface area contributed by atoms with Crippen LogP contribution in [0, 0.1) is 5.92 Å². The zero-order chi connectivity index (χ0) is 19.4. The fourth-order valence-corrected chi connectivity index (χ4v) is 3.58. The first kappa shape index (κ1) is 25.7. The number of piperidine rings is 1. The summed E-state index contributed by atoms with van der Waals surface area (Å²) in [5, 5.41) is 3.02. The van der Waals surface area contributed by atoms with Crippen molar-refractivity contribution in [3.8, 4) is 0 Å². The first-order valence-corrected chi connectivity index (χ1v) is 9.26. The van der Waals surface area contributed by atoms with Crippen molar-refractivity contribution in [2.75, 3.05) is 31.2 Å². The number of ether oxygens (including phenoxy) is 1. The highest BCUT2D eigenvalue weighted by Crippen LogP contribution is 2.29. The van der Waals surface area contributed by atoms with Crippen LogP contribution in [0.1, 0.15) is 31.2 Å². The van der Waals surface area contributed by atoms with Gasteiger partial charge in [-0.1, -0.05) is 0 Å². The number of hydrogen-bond donors (Lipinski definition) is 2. The van der Waals surface area contributed by atoms with Gasteiger partial charge < -0.3 is 20.7 Å². The lowest BCUT2D eigenvalue weighted by molar-refractivity contribution is -0.137. The summed E-state index contributed by atoms with van der Waals surface area (Å²) in [4.78, 5) is 18.2. The molecule has 2 saturated heterocycles. The Labute approximate surface area is 180 Å². The highest BCUT2D eigenvalue weighted by molar-refractivity contribution is 5.85. The summed E-state index contributed by atoms with van der Waals surface area (Å²) in [7, 11) is 0. The normalized spacial score (nSPS) is 19.7. The maximum atomic E-state index is 12.6. The van der Waals surface area contributed by atoms with Gasteiger partial charge in [0.2, 0.25) is 5.91 Å². The highest BCUT2D eigenvalue weighted by Gasteiger charge is 2.32. The molecule has 2 aliphatic heterocycles. The van der Waals surface area contributed by atoms with E-state index in [-0.39, 0.29) is 42.7 Å². The van der Waals surface area contributed by atoms with Crippen LogP contribution in [-0.2, 0) is 15.7 Å². The predicted molar refractivity (Wildman–Crippen MR) is 109 cm³/mol. The van der Waals surface area contributed by atoms with Crippen LogP contribution in [0.3, 0.4) is 0 Å². The minimum atomic E-state index is -4.38. The van der Waals surface area contributed by atoms with Gasteiger partial charge in [0.15, 0.2) is 0 Å². The Morgan fingerprint density at radius 3 is 2.31 bits per heavy atom. The van der Waals surface area contributed by atoms with Gasteiger partial charge in [-0.25, -0.2) is 4.98 Å². The molecule has 0 bridgehead atoms. The van der Waals surface area contributed by atoms with Crippen LogP contribution in [0.25, 0.3) is 0 Å². The van der Waals surface area contributed by atoms with Gasteiger partial charge in [-0.2, -0.15) is 13.2 Å². The average Bonchev–Trinajstić information content (AvgIpc) is 2.68. The van der Waals surface area contributed by atoms with E-state index in [0.29, 0.717) is 45.0 Å². The van der Waals surface area contributed by atoms with Crippen LogP contribution in [0.5, 0.6) is 0 Å². The van der Waals surface area contributed by atoms with Gasteiger partial charge in [-0.15, -0.1) is 24.8 Å². The minimum absolute atomic E-state index is 0. The molecule has 1 aromatic rings. The molecule has 3 rings (SSSR count). The molecule has 0 aliphatic carbocycles. The van der Waals surface area contributed by atoms with Crippen LogP contribution in [-0.4, -0.2) is 49.3 Å². The molecular formula is C18H27Cl2F3N4O2. The summed E-state index contributed by atoms with van der Waals surface area (Å²) in [6.07, 6.45) is -0.523. The second-order valence-electron chi connectivity index (χ2n) is 7.15. The maximum Gasteiger partial charge on any atom is 0.417 e. The Bertz CT molecular complexity index is 635. The van der Waals surface area contributed by atoms with E-state index in [2.05, 4.69) is 10.3 Å². The number of halogens is 5. The number of amides is 1. The highest BCUT2D eigenvalue weighted by atomic mass is 35.5. The SMILES string of the molecule is Cl.Cl.NC(C(=O)NC1CCN(c2ccc(C(F)(F)F)cn2)CC1)C1CCOCC1. The Balaban J connectivity index is 0.00000210. The molecule has 166 valence electrons. The molecule has 2 fully saturated rings. The number of pyridine rings is 1. The van der Waals surface area contributed by atoms with Crippen molar-refractivity contribution in [3.63, 3.8) is 0 Å². The number of carbonyl (C=O) groups excluding carboxylic acids is 1. The Hall–Kier alpha value is -1.29. The lowest BCUT2D eigenvalue weighted by atomic mass is 9.91. The number of rotatable bonds is 4. The second-order valence-corrected chi connectivity index (χ2v) is 7.15. The Kier molecular flexibility index (Phi) is 9.94. The van der Waals surface area contributed by atoms with Crippen molar-refractivity contribution in [2.45, 2.75) is 43.9 Å². The number of nitrogens with one attached hydrogen (secondary N) is 1. The maximum absolute atomic E-state index is 12.6. The van der Waals surface area contributed by atoms with E-state index in [1.807, 2.05) is 4.90 Å². The van der Waals surface area contributed by atoms with Gasteiger partial charge in [-0.3, -0.25) is 4.79 Å². The number of carbonyl (C=O) groups is 1. The first-order chi connectivity index (χ1) is 12.8. The van der Waals surface area contributed by atoms with Crippen molar-refractivity contribution in [1.29, 1.82) is 0 Å². The molecule has 3 heterocycles. The third kappa shape index (κ3) is 6.87. The quantitative estimate of drug-likeness (QED) is 0.724. The van der Waals surface area contributed by atoms with Crippen LogP contribution in [0.15, 0.2) is 18.3 Å². The van der Waals surface area contributed by atoms with Crippen molar-refractivity contribution in [2.24, 2.45) is 11.7 Å². The molecule has 6 nitrogen and oxygen atoms in total. The van der Waals surface area contributed by atoms with E-state index < -0.39 is 17.8 Å². The molecule has 29 heavy (non-hydrogen) atoms. The first-order valence-electron chi connectivity index (χ1n) is 9.26. The molecule has 0 saturated carbocycles. The molecule has 1 aromatic heterocycles. The van der Waals surface area contributed by atoms with E-state index in [4.69, 9.17) is 10.5 Å². The monoisotopic (exact) mass is 458 g/mol. The van der Waals surface area contributed by atoms with E-state index in [0.717, 1.165) is 25.1 Å². The summed E-state index contributed by atoms with van der Waals surface area (Å²) in [5.41, 5.74) is 5.34. The van der Waals surface area contributed by atoms with Crippen molar-refractivity contribution in [1.82, 2.24) is 10.3 Å². The minimum Gasteiger partial charge on any atom is -0.381 e. The van der Waals surface area contributed by atoms with Gasteiger partial charge in [0.25, 0.3) is 0 Å². The van der Waals surface area contributed by atoms with Crippen LogP contribution in [0.2, 0.25) is 0 Å². The molecule has 11 heteroatoms. The van der Waals surface area contributed by atoms with E-state index >= 15 is 0 Å². The van der Waals surface area contributed by atoms with Gasteiger partial charge in [-0.05, 0) is 43.7 Å². The standard InChI is InChI=1S/C18H25F3N4O2.2ClH/c19-18(20,21)13-1-2-15(23-11-13)25-7-3-14(4-8-25)24-17(26)16(22)12-5-9-27-10-6-12;;/h1-2,11-12,14,16H,3-10,22H2,(H,24,26);2*1H. The lowest BCUT2D eigenvalue weighted by Crippen LogP contribution is -2.52. The van der Waals surface area contributed by atoms with E-state index in [9.17, 15) is 18.0 Å². The Morgan fingerprint density at radius 2 is 1.79 bits per heavy atom. The average molecular weight is 459 g/mol. The second kappa shape index (κ2) is 11.2. The molecular weight excluding hydrogens is 432 g/mol. The van der Waals surface area contributed by atoms with Crippen LogP contribution >= 0.6 is 24.8 Å². The molecule has 2 aliphatic rings. The summed E-state index contributed by atoms with van der Waals surface area (Å²) < 4.78 is 43.2. The Morgan fingerprint density at radius 1 is 1.17 bits per heavy atom. The molecule has 1 unspecified atom stereocenters. The molecule has 0 spiro atoms. The van der Waals surface area contributed by atoms with Gasteiger partial charge in [0.05, 0.1) is 11.6 Å². The predicted octanol–water partition coefficient (Wildman–Crippen LogP) is 2.78. The molecule has 1 amide bonds. The zero-order valence-corrected chi connectivity index (χ0v) is 17.5. The fraction of sp³-hybridized carbons (Fsp3) is 0.667. The van der Waals surface area contributed by atoms with E-state index in [1.165, 1.54) is 6.07 Å². The van der Waals surface area contributed by atoms with Crippen LogP contribution < -0.4 is 16.0 Å². The third-order valence-electron chi connectivity index (χ3n) is 5.32. The fourth-order valence-electron chi connectivity index (χ4n) is 3.58. The van der Waals surface area contributed by atoms with E-state index in [1.54, 1.807) is 0 Å². The summed E-state index contributed by atoms with van der Waals surface area (Å²) in [6.45, 7) is 2.53. The topological polar surface area (TPSA) is 80.5 Å². The van der Waals surface area contributed by atoms with Gasteiger partial charge >= 0.3 is 6.18 Å². The number of alkyl halides is 3. The number of nitrogens with two attached hydrogens (primary N) is 1. The van der Waals surface area contributed by atoms with Crippen LogP contribution in [0.4, 0.5) is 19.0 Å². The summed E-state index contributed by atoms with van der Waals surface area (Å²) in [6, 6.07) is 1.93. The van der Waals surface area contributed by atoms with Crippen molar-refractivity contribution < 1.29 is 22.7 Å². The van der Waals surface area contributed by atoms with Gasteiger partial charge in [0.1, 0.15) is 5.82 Å². The lowest BCUT2D eigenvalue weighted by Gasteiger charge is -2.34. The molecule has 0 aromatic carbocycles. The number of nitrogens with zero attached hydrogens (tertiary/aromatic N) is 2. The molecule has 0 radical (unpaired) electrons. The summed E-state index contributed by atoms with van der Waals surface area (Å²) >= 11 is 0. The number of anilines is 1. The van der Waals surface area contributed by atoms with Crippen molar-refractivity contribution >= 4 is 36.5 Å². The smallest absolute Gasteiger partial charge is 0.381 e. The van der Waals surface area contributed by atoms with Crippen molar-refractivity contribution in [3.05, 3.63) is 23.9 Å². The third-order valence-corrected chi connectivity index (χ3v) is 5.32. The zero-order valence-electron chi connectivity index (χ0n) is 15.9. The largest absolute Gasteiger partial charge is 0.417 e. The molecule has 3 N–H and O–H groups in total. The number of aromatic nitrogens is 1. The van der Waals surface area contributed by atoms with Gasteiger partial charge in [0, 0.05) is 38.5 Å². The summed E-state index contributed by atoms with van der Waals surface area (Å²) in [5.74, 6) is 0.537. The number of hydrogen-bond acceptors (Lipinski definition) is 5. The molecule has 1 atom stereocenters.